The fourth-order valence-electron chi connectivity index (χ4n) is 1.86. The molecule has 2 aromatic rings. The van der Waals surface area contributed by atoms with Gasteiger partial charge in [0.05, 0.1) is 0 Å². The van der Waals surface area contributed by atoms with E-state index >= 15 is 0 Å². The Hall–Kier alpha value is -0.853. The molecule has 0 saturated heterocycles. The van der Waals surface area contributed by atoms with E-state index < -0.39 is 8.07 Å². The summed E-state index contributed by atoms with van der Waals surface area (Å²) < 4.78 is 8.46. The number of nitrogens with one attached hydrogen (secondary N) is 1. The van der Waals surface area contributed by atoms with Gasteiger partial charge in [-0.1, -0.05) is 19.6 Å². The van der Waals surface area contributed by atoms with Crippen LogP contribution in [0.5, 0.6) is 0 Å². The molecule has 0 unspecified atom stereocenters. The van der Waals surface area contributed by atoms with E-state index in [9.17, 15) is 4.79 Å². The Morgan fingerprint density at radius 3 is 2.84 bits per heavy atom. The summed E-state index contributed by atoms with van der Waals surface area (Å²) in [7, 11) is -1.07. The van der Waals surface area contributed by atoms with Crippen molar-refractivity contribution in [1.29, 1.82) is 0 Å². The standard InChI is InChI=1S/C13H19BrN2O2Si/c1-19(2,3)7-6-18-9-16-8-11(14)10-4-5-15-13(17)12(10)16/h4-5,8H,6-7,9H2,1-3H3,(H,15,17). The van der Waals surface area contributed by atoms with Gasteiger partial charge in [-0.2, -0.15) is 0 Å². The third-order valence-electron chi connectivity index (χ3n) is 2.98. The van der Waals surface area contributed by atoms with Crippen LogP contribution in [0.15, 0.2) is 27.7 Å². The van der Waals surface area contributed by atoms with Crippen molar-refractivity contribution in [2.45, 2.75) is 32.4 Å². The van der Waals surface area contributed by atoms with E-state index in [0.29, 0.717) is 12.2 Å². The van der Waals surface area contributed by atoms with Crippen LogP contribution in [-0.4, -0.2) is 24.2 Å². The minimum absolute atomic E-state index is 0.0861. The SMILES string of the molecule is C[Si](C)(C)CCOCn1cc(Br)c2cc[nH]c(=O)c21. The largest absolute Gasteiger partial charge is 0.361 e. The number of aromatic amines is 1. The molecular formula is C13H19BrN2O2Si. The molecule has 19 heavy (non-hydrogen) atoms. The van der Waals surface area contributed by atoms with E-state index in [1.165, 1.54) is 0 Å². The van der Waals surface area contributed by atoms with E-state index in [0.717, 1.165) is 22.5 Å². The highest BCUT2D eigenvalue weighted by Crippen LogP contribution is 2.23. The number of nitrogens with zero attached hydrogens (tertiary/aromatic N) is 1. The number of H-pyrrole nitrogens is 1. The Morgan fingerprint density at radius 1 is 1.42 bits per heavy atom. The number of ether oxygens (including phenoxy) is 1. The normalized spacial score (nSPS) is 12.2. The number of hydrogen-bond acceptors (Lipinski definition) is 2. The molecule has 0 amide bonds. The lowest BCUT2D eigenvalue weighted by atomic mass is 10.3. The molecule has 0 aliphatic heterocycles. The van der Waals surface area contributed by atoms with Gasteiger partial charge in [-0.15, -0.1) is 0 Å². The molecule has 4 nitrogen and oxygen atoms in total. The van der Waals surface area contributed by atoms with Gasteiger partial charge >= 0.3 is 0 Å². The summed E-state index contributed by atoms with van der Waals surface area (Å²) in [6, 6.07) is 3.02. The monoisotopic (exact) mass is 342 g/mol. The smallest absolute Gasteiger partial charge is 0.272 e. The van der Waals surface area contributed by atoms with Crippen molar-refractivity contribution in [3.63, 3.8) is 0 Å². The zero-order valence-corrected chi connectivity index (χ0v) is 14.1. The molecule has 1 N–H and O–H groups in total. The Labute approximate surface area is 121 Å². The highest BCUT2D eigenvalue weighted by Gasteiger charge is 2.13. The topological polar surface area (TPSA) is 47.0 Å². The maximum absolute atomic E-state index is 11.9. The van der Waals surface area contributed by atoms with Crippen LogP contribution in [0.4, 0.5) is 0 Å². The second-order valence-electron chi connectivity index (χ2n) is 5.86. The number of aromatic nitrogens is 2. The predicted octanol–water partition coefficient (Wildman–Crippen LogP) is 3.40. The summed E-state index contributed by atoms with van der Waals surface area (Å²) in [5.74, 6) is 0. The van der Waals surface area contributed by atoms with Crippen molar-refractivity contribution in [2.24, 2.45) is 0 Å². The maximum atomic E-state index is 11.9. The van der Waals surface area contributed by atoms with E-state index in [1.807, 2.05) is 16.8 Å². The molecule has 0 fully saturated rings. The first-order chi connectivity index (χ1) is 8.88. The maximum Gasteiger partial charge on any atom is 0.272 e. The number of rotatable bonds is 5. The third kappa shape index (κ3) is 3.58. The van der Waals surface area contributed by atoms with Crippen molar-refractivity contribution < 1.29 is 4.74 Å². The minimum Gasteiger partial charge on any atom is -0.361 e. The Kier molecular flexibility index (Phi) is 4.32. The Balaban J connectivity index is 2.11. The third-order valence-corrected chi connectivity index (χ3v) is 5.31. The number of fused-ring (bicyclic) bond motifs is 1. The van der Waals surface area contributed by atoms with Crippen molar-refractivity contribution in [2.75, 3.05) is 6.61 Å². The first-order valence-electron chi connectivity index (χ1n) is 6.32. The quantitative estimate of drug-likeness (QED) is 0.668. The summed E-state index contributed by atoms with van der Waals surface area (Å²) in [5.41, 5.74) is 0.569. The van der Waals surface area contributed by atoms with Crippen LogP contribution in [0.25, 0.3) is 10.9 Å². The second-order valence-corrected chi connectivity index (χ2v) is 12.3. The average Bonchev–Trinajstić information content (AvgIpc) is 2.62. The lowest BCUT2D eigenvalue weighted by Gasteiger charge is -2.15. The zero-order valence-electron chi connectivity index (χ0n) is 11.5. The summed E-state index contributed by atoms with van der Waals surface area (Å²) >= 11 is 3.47. The molecule has 2 heterocycles. The van der Waals surface area contributed by atoms with Crippen molar-refractivity contribution in [3.05, 3.63) is 33.3 Å². The molecule has 0 saturated carbocycles. The Bertz CT molecular complexity index is 628. The fraction of sp³-hybridized carbons (Fsp3) is 0.462. The lowest BCUT2D eigenvalue weighted by molar-refractivity contribution is 0.0900. The zero-order chi connectivity index (χ0) is 14.0. The van der Waals surface area contributed by atoms with Crippen molar-refractivity contribution in [3.8, 4) is 0 Å². The van der Waals surface area contributed by atoms with Crippen LogP contribution in [-0.2, 0) is 11.5 Å². The van der Waals surface area contributed by atoms with Crippen LogP contribution in [0, 0.1) is 0 Å². The summed E-state index contributed by atoms with van der Waals surface area (Å²) in [6.45, 7) is 8.13. The number of hydrogen-bond donors (Lipinski definition) is 1. The van der Waals surface area contributed by atoms with E-state index in [2.05, 4.69) is 40.6 Å². The molecule has 0 radical (unpaired) electrons. The van der Waals surface area contributed by atoms with Crippen LogP contribution in [0.2, 0.25) is 25.7 Å². The van der Waals surface area contributed by atoms with Gasteiger partial charge in [-0.3, -0.25) is 4.79 Å². The predicted molar refractivity (Wildman–Crippen MR) is 84.4 cm³/mol. The molecule has 0 bridgehead atoms. The molecule has 0 aliphatic rings. The first-order valence-corrected chi connectivity index (χ1v) is 10.8. The molecular weight excluding hydrogens is 324 g/mol. The lowest BCUT2D eigenvalue weighted by Crippen LogP contribution is -2.22. The van der Waals surface area contributed by atoms with Gasteiger partial charge in [-0.25, -0.2) is 0 Å². The van der Waals surface area contributed by atoms with E-state index in [1.54, 1.807) is 6.20 Å². The van der Waals surface area contributed by atoms with E-state index in [4.69, 9.17) is 4.74 Å². The van der Waals surface area contributed by atoms with Crippen LogP contribution >= 0.6 is 15.9 Å². The first kappa shape index (κ1) is 14.6. The highest BCUT2D eigenvalue weighted by atomic mass is 79.9. The van der Waals surface area contributed by atoms with Gasteiger partial charge < -0.3 is 14.3 Å². The fourth-order valence-corrected chi connectivity index (χ4v) is 3.19. The molecule has 104 valence electrons. The van der Waals surface area contributed by atoms with Crippen LogP contribution in [0.3, 0.4) is 0 Å². The van der Waals surface area contributed by atoms with Gasteiger partial charge in [0, 0.05) is 36.9 Å². The molecule has 2 aromatic heterocycles. The Morgan fingerprint density at radius 2 is 2.16 bits per heavy atom. The van der Waals surface area contributed by atoms with Crippen molar-refractivity contribution >= 4 is 34.9 Å². The molecule has 0 spiro atoms. The van der Waals surface area contributed by atoms with E-state index in [-0.39, 0.29) is 5.56 Å². The number of pyridine rings is 1. The summed E-state index contributed by atoms with van der Waals surface area (Å²) in [6.07, 6.45) is 3.56. The molecule has 0 aromatic carbocycles. The van der Waals surface area contributed by atoms with Gasteiger partial charge in [0.15, 0.2) is 0 Å². The van der Waals surface area contributed by atoms with Gasteiger partial charge in [0.25, 0.3) is 5.56 Å². The second kappa shape index (κ2) is 5.64. The van der Waals surface area contributed by atoms with Crippen molar-refractivity contribution in [1.82, 2.24) is 9.55 Å². The molecule has 0 aliphatic carbocycles. The van der Waals surface area contributed by atoms with Crippen LogP contribution in [0.1, 0.15) is 0 Å². The van der Waals surface area contributed by atoms with Gasteiger partial charge in [0.2, 0.25) is 0 Å². The molecule has 0 atom stereocenters. The van der Waals surface area contributed by atoms with Gasteiger partial charge in [-0.05, 0) is 28.0 Å². The minimum atomic E-state index is -1.07. The molecule has 6 heteroatoms. The summed E-state index contributed by atoms with van der Waals surface area (Å²) in [4.78, 5) is 14.6. The van der Waals surface area contributed by atoms with Gasteiger partial charge in [0.1, 0.15) is 12.2 Å². The molecule has 2 rings (SSSR count). The highest BCUT2D eigenvalue weighted by molar-refractivity contribution is 9.10. The number of halogens is 1. The van der Waals surface area contributed by atoms with Crippen LogP contribution < -0.4 is 5.56 Å². The summed E-state index contributed by atoms with van der Waals surface area (Å²) in [5, 5.41) is 0.914. The average molecular weight is 343 g/mol.